The van der Waals surface area contributed by atoms with Crippen molar-refractivity contribution in [3.8, 4) is 28.4 Å². The fourth-order valence-electron chi connectivity index (χ4n) is 4.13. The SMILES string of the molecule is CCCOc1ccc(-c2nn(-c3ccccc3)cc2/C=N\NC(=O)c2ccc(OCc3ccc(C)cc3)cc2)cc1. The number of hydrazone groups is 1. The van der Waals surface area contributed by atoms with Crippen LogP contribution in [-0.4, -0.2) is 28.5 Å². The smallest absolute Gasteiger partial charge is 0.271 e. The molecule has 0 atom stereocenters. The number of hydrogen-bond acceptors (Lipinski definition) is 5. The average molecular weight is 545 g/mol. The van der Waals surface area contributed by atoms with Gasteiger partial charge >= 0.3 is 0 Å². The third-order valence-corrected chi connectivity index (χ3v) is 6.38. The molecule has 5 aromatic rings. The van der Waals surface area contributed by atoms with Crippen molar-refractivity contribution < 1.29 is 14.3 Å². The largest absolute Gasteiger partial charge is 0.494 e. The Morgan fingerprint density at radius 1 is 0.878 bits per heavy atom. The first-order valence-electron chi connectivity index (χ1n) is 13.6. The van der Waals surface area contributed by atoms with E-state index in [4.69, 9.17) is 14.6 Å². The first-order chi connectivity index (χ1) is 20.1. The van der Waals surface area contributed by atoms with E-state index in [0.29, 0.717) is 24.5 Å². The molecule has 0 unspecified atom stereocenters. The fraction of sp³-hybridized carbons (Fsp3) is 0.147. The molecule has 41 heavy (non-hydrogen) atoms. The van der Waals surface area contributed by atoms with E-state index in [2.05, 4.69) is 36.5 Å². The molecule has 7 nitrogen and oxygen atoms in total. The zero-order valence-corrected chi connectivity index (χ0v) is 23.2. The Bertz CT molecular complexity index is 1590. The van der Waals surface area contributed by atoms with Crippen LogP contribution in [-0.2, 0) is 6.61 Å². The van der Waals surface area contributed by atoms with E-state index >= 15 is 0 Å². The van der Waals surface area contributed by atoms with Gasteiger partial charge in [0.25, 0.3) is 5.91 Å². The van der Waals surface area contributed by atoms with E-state index in [1.54, 1.807) is 35.2 Å². The van der Waals surface area contributed by atoms with E-state index in [1.165, 1.54) is 5.56 Å². The number of carbonyl (C=O) groups excluding carboxylic acids is 1. The minimum Gasteiger partial charge on any atom is -0.494 e. The number of amides is 1. The highest BCUT2D eigenvalue weighted by atomic mass is 16.5. The highest BCUT2D eigenvalue weighted by Crippen LogP contribution is 2.25. The van der Waals surface area contributed by atoms with Crippen LogP contribution in [0.1, 0.15) is 40.4 Å². The molecule has 0 bridgehead atoms. The van der Waals surface area contributed by atoms with Gasteiger partial charge in [-0.2, -0.15) is 10.2 Å². The summed E-state index contributed by atoms with van der Waals surface area (Å²) in [7, 11) is 0. The molecule has 0 aliphatic heterocycles. The van der Waals surface area contributed by atoms with E-state index in [9.17, 15) is 4.79 Å². The molecule has 7 heteroatoms. The summed E-state index contributed by atoms with van der Waals surface area (Å²) in [6, 6.07) is 32.9. The Morgan fingerprint density at radius 3 is 2.27 bits per heavy atom. The summed E-state index contributed by atoms with van der Waals surface area (Å²) in [5.41, 5.74) is 8.73. The summed E-state index contributed by atoms with van der Waals surface area (Å²) in [5, 5.41) is 9.05. The molecule has 0 spiro atoms. The molecule has 0 aliphatic carbocycles. The quantitative estimate of drug-likeness (QED) is 0.144. The Balaban J connectivity index is 1.27. The number of carbonyl (C=O) groups is 1. The number of para-hydroxylation sites is 1. The van der Waals surface area contributed by atoms with Crippen LogP contribution in [0.4, 0.5) is 0 Å². The molecule has 1 N–H and O–H groups in total. The molecule has 0 saturated carbocycles. The molecule has 0 radical (unpaired) electrons. The number of nitrogens with zero attached hydrogens (tertiary/aromatic N) is 3. The van der Waals surface area contributed by atoms with Gasteiger partial charge in [0, 0.05) is 22.9 Å². The van der Waals surface area contributed by atoms with Gasteiger partial charge in [0.15, 0.2) is 0 Å². The van der Waals surface area contributed by atoms with E-state index in [-0.39, 0.29) is 5.91 Å². The van der Waals surface area contributed by atoms with Crippen molar-refractivity contribution in [2.24, 2.45) is 5.10 Å². The minimum absolute atomic E-state index is 0.319. The normalized spacial score (nSPS) is 11.0. The molecule has 4 aromatic carbocycles. The van der Waals surface area contributed by atoms with Gasteiger partial charge in [0.2, 0.25) is 0 Å². The van der Waals surface area contributed by atoms with Crippen molar-refractivity contribution in [3.05, 3.63) is 132 Å². The lowest BCUT2D eigenvalue weighted by molar-refractivity contribution is 0.0955. The van der Waals surface area contributed by atoms with Gasteiger partial charge in [-0.15, -0.1) is 0 Å². The monoisotopic (exact) mass is 544 g/mol. The highest BCUT2D eigenvalue weighted by molar-refractivity contribution is 5.95. The number of benzene rings is 4. The summed E-state index contributed by atoms with van der Waals surface area (Å²) in [6.07, 6.45) is 4.45. The molecule has 1 heterocycles. The average Bonchev–Trinajstić information content (AvgIpc) is 3.45. The predicted molar refractivity (Wildman–Crippen MR) is 162 cm³/mol. The Labute approximate surface area is 240 Å². The second-order valence-corrected chi connectivity index (χ2v) is 9.58. The summed E-state index contributed by atoms with van der Waals surface area (Å²) in [6.45, 7) is 5.26. The van der Waals surface area contributed by atoms with Gasteiger partial charge in [-0.25, -0.2) is 10.1 Å². The van der Waals surface area contributed by atoms with Gasteiger partial charge in [-0.1, -0.05) is 55.0 Å². The van der Waals surface area contributed by atoms with E-state index in [1.807, 2.05) is 72.9 Å². The third kappa shape index (κ3) is 7.28. The summed E-state index contributed by atoms with van der Waals surface area (Å²) in [5.74, 6) is 1.18. The predicted octanol–water partition coefficient (Wildman–Crippen LogP) is 6.98. The summed E-state index contributed by atoms with van der Waals surface area (Å²) < 4.78 is 13.4. The minimum atomic E-state index is -0.319. The molecule has 1 aromatic heterocycles. The van der Waals surface area contributed by atoms with Crippen molar-refractivity contribution in [3.63, 3.8) is 0 Å². The zero-order chi connectivity index (χ0) is 28.4. The standard InChI is InChI=1S/C34H32N4O3/c1-3-21-40-31-17-13-27(14-18-31)33-29(23-38(37-33)30-7-5-4-6-8-30)22-35-36-34(39)28-15-19-32(20-16-28)41-24-26-11-9-25(2)10-12-26/h4-20,22-23H,3,21,24H2,1-2H3,(H,36,39)/b35-22-. The van der Waals surface area contributed by atoms with Crippen LogP contribution >= 0.6 is 0 Å². The van der Waals surface area contributed by atoms with Crippen LogP contribution in [0.2, 0.25) is 0 Å². The molecule has 0 aliphatic rings. The molecule has 1 amide bonds. The second kappa shape index (κ2) is 13.3. The van der Waals surface area contributed by atoms with Crippen LogP contribution < -0.4 is 14.9 Å². The van der Waals surface area contributed by atoms with Crippen LogP contribution in [0.3, 0.4) is 0 Å². The number of aromatic nitrogens is 2. The summed E-state index contributed by atoms with van der Waals surface area (Å²) in [4.78, 5) is 12.8. The molecule has 5 rings (SSSR count). The number of nitrogens with one attached hydrogen (secondary N) is 1. The first kappa shape index (κ1) is 27.4. The van der Waals surface area contributed by atoms with Crippen LogP contribution in [0, 0.1) is 6.92 Å². The van der Waals surface area contributed by atoms with E-state index in [0.717, 1.165) is 40.2 Å². The van der Waals surface area contributed by atoms with Crippen molar-refractivity contribution in [2.45, 2.75) is 26.9 Å². The van der Waals surface area contributed by atoms with Crippen LogP contribution in [0.5, 0.6) is 11.5 Å². The van der Waals surface area contributed by atoms with Gasteiger partial charge in [-0.05, 0) is 79.6 Å². The number of rotatable bonds is 11. The van der Waals surface area contributed by atoms with E-state index < -0.39 is 0 Å². The van der Waals surface area contributed by atoms with Crippen LogP contribution in [0.15, 0.2) is 114 Å². The highest BCUT2D eigenvalue weighted by Gasteiger charge is 2.12. The maximum absolute atomic E-state index is 12.8. The van der Waals surface area contributed by atoms with Crippen molar-refractivity contribution in [1.82, 2.24) is 15.2 Å². The first-order valence-corrected chi connectivity index (χ1v) is 13.6. The van der Waals surface area contributed by atoms with Crippen molar-refractivity contribution >= 4 is 12.1 Å². The number of hydrogen-bond donors (Lipinski definition) is 1. The van der Waals surface area contributed by atoms with Gasteiger partial charge in [-0.3, -0.25) is 4.79 Å². The fourth-order valence-corrected chi connectivity index (χ4v) is 4.13. The lowest BCUT2D eigenvalue weighted by atomic mass is 10.1. The maximum Gasteiger partial charge on any atom is 0.271 e. The van der Waals surface area contributed by atoms with Crippen LogP contribution in [0.25, 0.3) is 16.9 Å². The van der Waals surface area contributed by atoms with Crippen molar-refractivity contribution in [1.29, 1.82) is 0 Å². The molecule has 206 valence electrons. The Morgan fingerprint density at radius 2 is 1.56 bits per heavy atom. The Kier molecular flexibility index (Phi) is 8.86. The molecular weight excluding hydrogens is 512 g/mol. The van der Waals surface area contributed by atoms with Gasteiger partial charge < -0.3 is 9.47 Å². The third-order valence-electron chi connectivity index (χ3n) is 6.38. The molecule has 0 saturated heterocycles. The second-order valence-electron chi connectivity index (χ2n) is 9.58. The Hall–Kier alpha value is -5.17. The summed E-state index contributed by atoms with van der Waals surface area (Å²) >= 11 is 0. The lowest BCUT2D eigenvalue weighted by Gasteiger charge is -2.07. The van der Waals surface area contributed by atoms with Gasteiger partial charge in [0.05, 0.1) is 18.5 Å². The number of ether oxygens (including phenoxy) is 2. The molecular formula is C34H32N4O3. The zero-order valence-electron chi connectivity index (χ0n) is 23.2. The lowest BCUT2D eigenvalue weighted by Crippen LogP contribution is -2.17. The van der Waals surface area contributed by atoms with Gasteiger partial charge in [0.1, 0.15) is 23.8 Å². The topological polar surface area (TPSA) is 77.7 Å². The number of aryl methyl sites for hydroxylation is 1. The van der Waals surface area contributed by atoms with Crippen molar-refractivity contribution in [2.75, 3.05) is 6.61 Å². The molecule has 0 fully saturated rings. The maximum atomic E-state index is 12.8.